The van der Waals surface area contributed by atoms with Crippen LogP contribution >= 0.6 is 0 Å². The third-order valence-electron chi connectivity index (χ3n) is 6.19. The molecule has 0 fully saturated rings. The first-order valence-electron chi connectivity index (χ1n) is 13.8. The predicted octanol–water partition coefficient (Wildman–Crippen LogP) is 7.53. The number of carbonyl (C=O) groups excluding carboxylic acids is 2. The highest BCUT2D eigenvalue weighted by atomic mass is 32.2. The van der Waals surface area contributed by atoms with Crippen molar-refractivity contribution in [3.63, 3.8) is 0 Å². The summed E-state index contributed by atoms with van der Waals surface area (Å²) in [5, 5.41) is 0. The van der Waals surface area contributed by atoms with E-state index in [4.69, 9.17) is 9.47 Å². The van der Waals surface area contributed by atoms with Gasteiger partial charge in [-0.1, -0.05) is 104 Å². The van der Waals surface area contributed by atoms with Crippen LogP contribution in [-0.2, 0) is 19.6 Å². The van der Waals surface area contributed by atoms with Crippen molar-refractivity contribution in [2.75, 3.05) is 13.2 Å². The largest absolute Gasteiger partial charge is 0.462 e. The number of carbonyl (C=O) groups is 2. The number of hydrogen-bond donors (Lipinski definition) is 1. The number of unbranched alkanes of at least 4 members (excludes halogenated alkanes) is 14. The van der Waals surface area contributed by atoms with E-state index in [-0.39, 0.29) is 24.3 Å². The van der Waals surface area contributed by atoms with E-state index in [9.17, 15) is 22.6 Å². The van der Waals surface area contributed by atoms with Gasteiger partial charge in [0.25, 0.3) is 10.1 Å². The first-order chi connectivity index (χ1) is 17.3. The summed E-state index contributed by atoms with van der Waals surface area (Å²) in [7, 11) is -4.54. The Morgan fingerprint density at radius 1 is 0.639 bits per heavy atom. The SMILES string of the molecule is CCCCCCCCCCOC(=O)c1ccc(S(=O)(=O)O)cc1C(=O)OCCCCCCCCCC. The van der Waals surface area contributed by atoms with Crippen molar-refractivity contribution >= 4 is 22.1 Å². The van der Waals surface area contributed by atoms with Gasteiger partial charge < -0.3 is 9.47 Å². The monoisotopic (exact) mass is 526 g/mol. The zero-order valence-electron chi connectivity index (χ0n) is 22.3. The van der Waals surface area contributed by atoms with Crippen LogP contribution in [0, 0.1) is 0 Å². The molecule has 0 aliphatic carbocycles. The van der Waals surface area contributed by atoms with Crippen molar-refractivity contribution in [2.45, 2.75) is 121 Å². The van der Waals surface area contributed by atoms with Gasteiger partial charge in [0, 0.05) is 0 Å². The van der Waals surface area contributed by atoms with E-state index in [1.165, 1.54) is 63.9 Å². The molecule has 0 heterocycles. The highest BCUT2D eigenvalue weighted by molar-refractivity contribution is 7.85. The number of ether oxygens (including phenoxy) is 2. The van der Waals surface area contributed by atoms with Crippen LogP contribution in [0.3, 0.4) is 0 Å². The molecule has 0 spiro atoms. The number of hydrogen-bond acceptors (Lipinski definition) is 6. The molecule has 1 N–H and O–H groups in total. The van der Waals surface area contributed by atoms with Gasteiger partial charge in [0.2, 0.25) is 0 Å². The Labute approximate surface area is 218 Å². The van der Waals surface area contributed by atoms with Gasteiger partial charge in [0.1, 0.15) is 0 Å². The van der Waals surface area contributed by atoms with Crippen LogP contribution < -0.4 is 0 Å². The fourth-order valence-electron chi connectivity index (χ4n) is 3.99. The average Bonchev–Trinajstić information content (AvgIpc) is 2.85. The van der Waals surface area contributed by atoms with Crippen molar-refractivity contribution in [1.82, 2.24) is 0 Å². The summed E-state index contributed by atoms with van der Waals surface area (Å²) in [4.78, 5) is 24.8. The maximum Gasteiger partial charge on any atom is 0.339 e. The zero-order valence-corrected chi connectivity index (χ0v) is 23.1. The van der Waals surface area contributed by atoms with Crippen molar-refractivity contribution in [3.05, 3.63) is 29.3 Å². The van der Waals surface area contributed by atoms with E-state index < -0.39 is 27.0 Å². The van der Waals surface area contributed by atoms with Crippen molar-refractivity contribution in [1.29, 1.82) is 0 Å². The lowest BCUT2D eigenvalue weighted by Crippen LogP contribution is -2.16. The molecule has 36 heavy (non-hydrogen) atoms. The van der Waals surface area contributed by atoms with Gasteiger partial charge in [0.15, 0.2) is 0 Å². The molecule has 1 rings (SSSR count). The van der Waals surface area contributed by atoms with Gasteiger partial charge in [-0.2, -0.15) is 8.42 Å². The molecule has 0 bridgehead atoms. The van der Waals surface area contributed by atoms with E-state index >= 15 is 0 Å². The van der Waals surface area contributed by atoms with Crippen LogP contribution in [0.2, 0.25) is 0 Å². The number of rotatable bonds is 21. The van der Waals surface area contributed by atoms with Gasteiger partial charge in [-0.25, -0.2) is 9.59 Å². The van der Waals surface area contributed by atoms with Crippen LogP contribution in [-0.4, -0.2) is 38.1 Å². The average molecular weight is 527 g/mol. The highest BCUT2D eigenvalue weighted by Crippen LogP contribution is 2.19. The molecule has 0 saturated heterocycles. The summed E-state index contributed by atoms with van der Waals surface area (Å²) in [6.07, 6.45) is 17.6. The zero-order chi connectivity index (χ0) is 26.7. The van der Waals surface area contributed by atoms with Crippen molar-refractivity contribution in [3.8, 4) is 0 Å². The van der Waals surface area contributed by atoms with E-state index in [0.29, 0.717) is 6.42 Å². The van der Waals surface area contributed by atoms with Crippen molar-refractivity contribution < 1.29 is 32.0 Å². The predicted molar refractivity (Wildman–Crippen MR) is 142 cm³/mol. The molecule has 1 aromatic rings. The highest BCUT2D eigenvalue weighted by Gasteiger charge is 2.23. The molecule has 8 heteroatoms. The molecule has 0 aliphatic rings. The lowest BCUT2D eigenvalue weighted by atomic mass is 10.1. The molecule has 0 radical (unpaired) electrons. The Kier molecular flexibility index (Phi) is 17.1. The standard InChI is InChI=1S/C28H46O7S/c1-3-5-7-9-11-13-15-17-21-34-27(29)25-20-19-24(36(31,32)33)23-26(25)28(30)35-22-18-16-14-12-10-8-6-4-2/h19-20,23H,3-18,21-22H2,1-2H3,(H,31,32,33). The summed E-state index contributed by atoms with van der Waals surface area (Å²) in [6, 6.07) is 3.24. The maximum absolute atomic E-state index is 12.7. The third kappa shape index (κ3) is 14.0. The maximum atomic E-state index is 12.7. The second kappa shape index (κ2) is 19.2. The minimum absolute atomic E-state index is 0.0668. The second-order valence-corrected chi connectivity index (χ2v) is 10.8. The first-order valence-corrected chi connectivity index (χ1v) is 15.2. The Morgan fingerprint density at radius 3 is 1.44 bits per heavy atom. The van der Waals surface area contributed by atoms with Crippen LogP contribution in [0.1, 0.15) is 137 Å². The quantitative estimate of drug-likeness (QED) is 0.100. The molecule has 7 nitrogen and oxygen atoms in total. The lowest BCUT2D eigenvalue weighted by Gasteiger charge is -2.11. The molecule has 0 unspecified atom stereocenters. The summed E-state index contributed by atoms with van der Waals surface area (Å²) in [5.74, 6) is -1.51. The summed E-state index contributed by atoms with van der Waals surface area (Å²) < 4.78 is 43.1. The Balaban J connectivity index is 2.56. The molecule has 1 aromatic carbocycles. The Hall–Kier alpha value is -1.93. The van der Waals surface area contributed by atoms with Crippen LogP contribution in [0.4, 0.5) is 0 Å². The molecular weight excluding hydrogens is 480 g/mol. The van der Waals surface area contributed by atoms with E-state index in [1.807, 2.05) is 0 Å². The second-order valence-electron chi connectivity index (χ2n) is 9.40. The van der Waals surface area contributed by atoms with Gasteiger partial charge in [-0.3, -0.25) is 4.55 Å². The summed E-state index contributed by atoms with van der Waals surface area (Å²) in [5.41, 5.74) is -0.284. The van der Waals surface area contributed by atoms with Crippen molar-refractivity contribution in [2.24, 2.45) is 0 Å². The Morgan fingerprint density at radius 2 is 1.03 bits per heavy atom. The van der Waals surface area contributed by atoms with Gasteiger partial charge in [0.05, 0.1) is 29.2 Å². The fourth-order valence-corrected chi connectivity index (χ4v) is 4.49. The molecular formula is C28H46O7S. The normalized spacial score (nSPS) is 11.4. The molecule has 0 aliphatic heterocycles. The van der Waals surface area contributed by atoms with Gasteiger partial charge in [-0.15, -0.1) is 0 Å². The number of esters is 2. The number of benzene rings is 1. The van der Waals surface area contributed by atoms with Crippen LogP contribution in [0.15, 0.2) is 23.1 Å². The molecule has 206 valence electrons. The van der Waals surface area contributed by atoms with Gasteiger partial charge >= 0.3 is 11.9 Å². The minimum atomic E-state index is -4.54. The molecule has 0 aromatic heterocycles. The third-order valence-corrected chi connectivity index (χ3v) is 7.04. The van der Waals surface area contributed by atoms with Crippen LogP contribution in [0.25, 0.3) is 0 Å². The molecule has 0 amide bonds. The minimum Gasteiger partial charge on any atom is -0.462 e. The van der Waals surface area contributed by atoms with E-state index in [1.54, 1.807) is 0 Å². The summed E-state index contributed by atoms with van der Waals surface area (Å²) in [6.45, 7) is 4.77. The van der Waals surface area contributed by atoms with E-state index in [2.05, 4.69) is 13.8 Å². The Bertz CT molecular complexity index is 865. The topological polar surface area (TPSA) is 107 Å². The lowest BCUT2D eigenvalue weighted by molar-refractivity contribution is 0.0450. The first kappa shape index (κ1) is 32.1. The molecule has 0 atom stereocenters. The van der Waals surface area contributed by atoms with Crippen LogP contribution in [0.5, 0.6) is 0 Å². The smallest absolute Gasteiger partial charge is 0.339 e. The van der Waals surface area contributed by atoms with E-state index in [0.717, 1.165) is 50.7 Å². The van der Waals surface area contributed by atoms with Gasteiger partial charge in [-0.05, 0) is 31.0 Å². The molecule has 0 saturated carbocycles. The fraction of sp³-hybridized carbons (Fsp3) is 0.714. The summed E-state index contributed by atoms with van der Waals surface area (Å²) >= 11 is 0.